The summed E-state index contributed by atoms with van der Waals surface area (Å²) in [6.45, 7) is 1.98. The van der Waals surface area contributed by atoms with E-state index in [1.165, 1.54) is 12.1 Å². The van der Waals surface area contributed by atoms with Crippen LogP contribution in [-0.4, -0.2) is 11.1 Å². The molecule has 1 aromatic heterocycles. The van der Waals surface area contributed by atoms with E-state index in [-0.39, 0.29) is 5.82 Å². The molecule has 0 aliphatic rings. The highest BCUT2D eigenvalue weighted by Crippen LogP contribution is 2.30. The largest absolute Gasteiger partial charge is 0.478 e. The standard InChI is InChI=1S/C19H15FO2S/c1-12-2-3-14(19(21)22)10-15(12)11-17-8-9-18(23-17)13-4-6-16(20)7-5-13/h2-10H,11H2,1H3,(H,21,22). The first kappa shape index (κ1) is 15.4. The molecule has 0 atom stereocenters. The van der Waals surface area contributed by atoms with Crippen molar-refractivity contribution in [2.75, 3.05) is 0 Å². The number of hydrogen-bond acceptors (Lipinski definition) is 2. The zero-order valence-corrected chi connectivity index (χ0v) is 13.4. The van der Waals surface area contributed by atoms with Crippen LogP contribution in [0.15, 0.2) is 54.6 Å². The normalized spacial score (nSPS) is 10.7. The first-order valence-electron chi connectivity index (χ1n) is 7.20. The highest BCUT2D eigenvalue weighted by Gasteiger charge is 2.09. The molecule has 0 saturated heterocycles. The number of halogens is 1. The Morgan fingerprint density at radius 3 is 2.52 bits per heavy atom. The summed E-state index contributed by atoms with van der Waals surface area (Å²) in [5.41, 5.74) is 3.38. The van der Waals surface area contributed by atoms with Crippen molar-refractivity contribution < 1.29 is 14.3 Å². The van der Waals surface area contributed by atoms with Gasteiger partial charge in [-0.05, 0) is 60.0 Å². The molecule has 0 unspecified atom stereocenters. The second-order valence-electron chi connectivity index (χ2n) is 5.40. The van der Waals surface area contributed by atoms with Crippen molar-refractivity contribution in [1.82, 2.24) is 0 Å². The van der Waals surface area contributed by atoms with Gasteiger partial charge in [0, 0.05) is 16.2 Å². The highest BCUT2D eigenvalue weighted by molar-refractivity contribution is 7.15. The summed E-state index contributed by atoms with van der Waals surface area (Å²) < 4.78 is 13.0. The predicted molar refractivity (Wildman–Crippen MR) is 90.7 cm³/mol. The summed E-state index contributed by atoms with van der Waals surface area (Å²) in [5.74, 6) is -1.16. The van der Waals surface area contributed by atoms with Crippen LogP contribution in [0.5, 0.6) is 0 Å². The number of aromatic carboxylic acids is 1. The molecule has 0 radical (unpaired) electrons. The van der Waals surface area contributed by atoms with Crippen molar-refractivity contribution in [3.63, 3.8) is 0 Å². The quantitative estimate of drug-likeness (QED) is 0.720. The summed E-state index contributed by atoms with van der Waals surface area (Å²) in [5, 5.41) is 9.11. The van der Waals surface area contributed by atoms with E-state index in [4.69, 9.17) is 5.11 Å². The summed E-state index contributed by atoms with van der Waals surface area (Å²) in [6.07, 6.45) is 0.693. The van der Waals surface area contributed by atoms with Crippen LogP contribution in [0.3, 0.4) is 0 Å². The smallest absolute Gasteiger partial charge is 0.335 e. The van der Waals surface area contributed by atoms with Gasteiger partial charge in [0.05, 0.1) is 5.56 Å². The molecule has 0 aliphatic carbocycles. The van der Waals surface area contributed by atoms with Gasteiger partial charge in [-0.3, -0.25) is 0 Å². The molecular weight excluding hydrogens is 311 g/mol. The van der Waals surface area contributed by atoms with E-state index in [9.17, 15) is 9.18 Å². The number of carboxylic acids is 1. The SMILES string of the molecule is Cc1ccc(C(=O)O)cc1Cc1ccc(-c2ccc(F)cc2)s1. The molecule has 0 saturated carbocycles. The van der Waals surface area contributed by atoms with Gasteiger partial charge in [0.1, 0.15) is 5.82 Å². The van der Waals surface area contributed by atoms with Gasteiger partial charge in [-0.15, -0.1) is 11.3 Å². The van der Waals surface area contributed by atoms with E-state index in [0.717, 1.165) is 26.4 Å². The molecule has 3 aromatic rings. The summed E-state index contributed by atoms with van der Waals surface area (Å²) >= 11 is 1.64. The van der Waals surface area contributed by atoms with Crippen LogP contribution < -0.4 is 0 Å². The maximum atomic E-state index is 13.0. The fourth-order valence-electron chi connectivity index (χ4n) is 2.42. The summed E-state index contributed by atoms with van der Waals surface area (Å²) in [7, 11) is 0. The molecule has 3 rings (SSSR count). The van der Waals surface area contributed by atoms with E-state index in [1.807, 2.05) is 25.1 Å². The average molecular weight is 326 g/mol. The molecule has 1 heterocycles. The fraction of sp³-hybridized carbons (Fsp3) is 0.105. The van der Waals surface area contributed by atoms with Crippen LogP contribution in [0, 0.1) is 12.7 Å². The Morgan fingerprint density at radius 1 is 1.09 bits per heavy atom. The number of benzene rings is 2. The number of hydrogen-bond donors (Lipinski definition) is 1. The summed E-state index contributed by atoms with van der Waals surface area (Å²) in [4.78, 5) is 13.3. The molecule has 4 heteroatoms. The lowest BCUT2D eigenvalue weighted by molar-refractivity contribution is 0.0697. The zero-order chi connectivity index (χ0) is 16.4. The maximum Gasteiger partial charge on any atom is 0.335 e. The van der Waals surface area contributed by atoms with Crippen LogP contribution in [0.25, 0.3) is 10.4 Å². The van der Waals surface area contributed by atoms with Gasteiger partial charge in [-0.25, -0.2) is 9.18 Å². The van der Waals surface area contributed by atoms with E-state index in [0.29, 0.717) is 12.0 Å². The molecule has 2 nitrogen and oxygen atoms in total. The number of thiophene rings is 1. The van der Waals surface area contributed by atoms with Crippen molar-refractivity contribution >= 4 is 17.3 Å². The number of aryl methyl sites for hydroxylation is 1. The van der Waals surface area contributed by atoms with Crippen LogP contribution in [0.1, 0.15) is 26.4 Å². The summed E-state index contributed by atoms with van der Waals surface area (Å²) in [6, 6.07) is 15.7. The molecular formula is C19H15FO2S. The third kappa shape index (κ3) is 3.48. The van der Waals surface area contributed by atoms with Crippen molar-refractivity contribution in [3.05, 3.63) is 82.0 Å². The van der Waals surface area contributed by atoms with Crippen LogP contribution in [0.4, 0.5) is 4.39 Å². The molecule has 116 valence electrons. The predicted octanol–water partition coefficient (Wildman–Crippen LogP) is 5.15. The molecule has 23 heavy (non-hydrogen) atoms. The minimum absolute atomic E-state index is 0.244. The van der Waals surface area contributed by atoms with Crippen molar-refractivity contribution in [3.8, 4) is 10.4 Å². The average Bonchev–Trinajstić information content (AvgIpc) is 2.98. The first-order chi connectivity index (χ1) is 11.0. The Morgan fingerprint density at radius 2 is 1.83 bits per heavy atom. The lowest BCUT2D eigenvalue weighted by Crippen LogP contribution is -1.99. The number of carboxylic acid groups (broad SMARTS) is 1. The number of rotatable bonds is 4. The number of carbonyl (C=O) groups is 1. The van der Waals surface area contributed by atoms with Crippen LogP contribution in [0.2, 0.25) is 0 Å². The van der Waals surface area contributed by atoms with E-state index < -0.39 is 5.97 Å². The van der Waals surface area contributed by atoms with Crippen molar-refractivity contribution in [1.29, 1.82) is 0 Å². The molecule has 0 spiro atoms. The second kappa shape index (κ2) is 6.34. The fourth-order valence-corrected chi connectivity index (χ4v) is 3.46. The topological polar surface area (TPSA) is 37.3 Å². The molecule has 1 N–H and O–H groups in total. The lowest BCUT2D eigenvalue weighted by Gasteiger charge is -2.06. The van der Waals surface area contributed by atoms with Gasteiger partial charge in [0.25, 0.3) is 0 Å². The van der Waals surface area contributed by atoms with Crippen molar-refractivity contribution in [2.45, 2.75) is 13.3 Å². The van der Waals surface area contributed by atoms with Crippen molar-refractivity contribution in [2.24, 2.45) is 0 Å². The second-order valence-corrected chi connectivity index (χ2v) is 6.56. The molecule has 2 aromatic carbocycles. The third-order valence-electron chi connectivity index (χ3n) is 3.75. The maximum absolute atomic E-state index is 13.0. The van der Waals surface area contributed by atoms with Crippen LogP contribution >= 0.6 is 11.3 Å². The van der Waals surface area contributed by atoms with Crippen LogP contribution in [-0.2, 0) is 6.42 Å². The highest BCUT2D eigenvalue weighted by atomic mass is 32.1. The Balaban J connectivity index is 1.86. The van der Waals surface area contributed by atoms with Gasteiger partial charge in [0.2, 0.25) is 0 Å². The molecule has 0 aliphatic heterocycles. The minimum Gasteiger partial charge on any atom is -0.478 e. The van der Waals surface area contributed by atoms with Gasteiger partial charge < -0.3 is 5.11 Å². The van der Waals surface area contributed by atoms with Gasteiger partial charge in [0.15, 0.2) is 0 Å². The van der Waals surface area contributed by atoms with Gasteiger partial charge in [-0.1, -0.05) is 18.2 Å². The molecule has 0 amide bonds. The monoisotopic (exact) mass is 326 g/mol. The Kier molecular flexibility index (Phi) is 4.26. The first-order valence-corrected chi connectivity index (χ1v) is 8.02. The Bertz CT molecular complexity index is 850. The van der Waals surface area contributed by atoms with E-state index in [1.54, 1.807) is 35.6 Å². The van der Waals surface area contributed by atoms with E-state index >= 15 is 0 Å². The van der Waals surface area contributed by atoms with E-state index in [2.05, 4.69) is 0 Å². The Labute approximate surface area is 137 Å². The Hall–Kier alpha value is -2.46. The molecule has 0 fully saturated rings. The molecule has 0 bridgehead atoms. The van der Waals surface area contributed by atoms with Gasteiger partial charge in [-0.2, -0.15) is 0 Å². The zero-order valence-electron chi connectivity index (χ0n) is 12.5. The minimum atomic E-state index is -0.913. The van der Waals surface area contributed by atoms with Gasteiger partial charge >= 0.3 is 5.97 Å². The lowest BCUT2D eigenvalue weighted by atomic mass is 10.0. The third-order valence-corrected chi connectivity index (χ3v) is 4.89.